The smallest absolute Gasteiger partial charge is 0.0417 e. The molecule has 2 heterocycles. The van der Waals surface area contributed by atoms with E-state index in [2.05, 4.69) is 26.2 Å². The van der Waals surface area contributed by atoms with Gasteiger partial charge in [-0.3, -0.25) is 0 Å². The van der Waals surface area contributed by atoms with Gasteiger partial charge in [0.1, 0.15) is 0 Å². The highest BCUT2D eigenvalue weighted by Gasteiger charge is 2.57. The fraction of sp³-hybridized carbons (Fsp3) is 1.00. The third-order valence-electron chi connectivity index (χ3n) is 6.43. The summed E-state index contributed by atoms with van der Waals surface area (Å²) in [5.74, 6) is 0. The van der Waals surface area contributed by atoms with Gasteiger partial charge in [0.25, 0.3) is 0 Å². The van der Waals surface area contributed by atoms with E-state index in [1.54, 1.807) is 49.9 Å². The van der Waals surface area contributed by atoms with E-state index in [1.165, 1.54) is 0 Å². The van der Waals surface area contributed by atoms with Crippen molar-refractivity contribution in [1.82, 2.24) is 0 Å². The average Bonchev–Trinajstić information content (AvgIpc) is 2.31. The van der Waals surface area contributed by atoms with Crippen molar-refractivity contribution < 1.29 is 0 Å². The lowest BCUT2D eigenvalue weighted by molar-refractivity contribution is 0.807. The van der Waals surface area contributed by atoms with E-state index >= 15 is 0 Å². The lowest BCUT2D eigenvalue weighted by atomic mass is 10.4. The average molecular weight is 257 g/mol. The van der Waals surface area contributed by atoms with Gasteiger partial charge in [-0.15, -0.1) is 0 Å². The molecule has 15 heavy (non-hydrogen) atoms. The Labute approximate surface area is 98.5 Å². The summed E-state index contributed by atoms with van der Waals surface area (Å²) in [6, 6.07) is 6.81. The van der Waals surface area contributed by atoms with Crippen LogP contribution in [0.4, 0.5) is 0 Å². The van der Waals surface area contributed by atoms with E-state index in [-0.39, 0.29) is 0 Å². The van der Waals surface area contributed by atoms with Gasteiger partial charge in [0.05, 0.1) is 0 Å². The molecule has 0 aromatic heterocycles. The Balaban J connectivity index is 2.43. The minimum Gasteiger partial charge on any atom is -0.0731 e. The Morgan fingerprint density at radius 1 is 0.533 bits per heavy atom. The van der Waals surface area contributed by atoms with E-state index in [1.807, 2.05) is 0 Å². The number of hydrogen-bond donors (Lipinski definition) is 0. The Morgan fingerprint density at radius 2 is 0.800 bits per heavy atom. The highest BCUT2D eigenvalue weighted by atomic mass is 29.6. The first-order valence-electron chi connectivity index (χ1n) is 6.91. The van der Waals surface area contributed by atoms with Crippen molar-refractivity contribution in [2.75, 3.05) is 0 Å². The summed E-state index contributed by atoms with van der Waals surface area (Å²) in [5.41, 5.74) is 0. The standard InChI is InChI=1S/C12H28Si3/c1-13(2)14(3)9-5-7-11-15(13,4)12-8-6-10-14/h5-12H2,1-4H3. The number of fused-ring (bicyclic) bond motifs is 2. The SMILES string of the molecule is C[Si]12CCCC[Si](C)(CCCC1)[Si]2(C)C. The topological polar surface area (TPSA) is 0 Å². The maximum Gasteiger partial charge on any atom is 0.0417 e. The van der Waals surface area contributed by atoms with Crippen LogP contribution in [-0.4, -0.2) is 22.3 Å². The molecule has 0 aromatic rings. The van der Waals surface area contributed by atoms with Crippen molar-refractivity contribution in [3.8, 4) is 0 Å². The molecule has 88 valence electrons. The van der Waals surface area contributed by atoms with E-state index in [0.717, 1.165) is 0 Å². The first-order valence-corrected chi connectivity index (χ1v) is 17.7. The number of hydrogen-bond acceptors (Lipinski definition) is 0. The van der Waals surface area contributed by atoms with Gasteiger partial charge in [-0.25, -0.2) is 0 Å². The predicted molar refractivity (Wildman–Crippen MR) is 78.4 cm³/mol. The van der Waals surface area contributed by atoms with Crippen molar-refractivity contribution >= 4 is 22.3 Å². The normalized spacial score (nSPS) is 45.6. The van der Waals surface area contributed by atoms with Crippen LogP contribution in [0.15, 0.2) is 0 Å². The summed E-state index contributed by atoms with van der Waals surface area (Å²) in [4.78, 5) is 0. The van der Waals surface area contributed by atoms with Gasteiger partial charge in [0.15, 0.2) is 0 Å². The van der Waals surface area contributed by atoms with Crippen LogP contribution in [0.5, 0.6) is 0 Å². The van der Waals surface area contributed by atoms with E-state index < -0.39 is 22.3 Å². The summed E-state index contributed by atoms with van der Waals surface area (Å²) >= 11 is 0. The van der Waals surface area contributed by atoms with Crippen molar-refractivity contribution in [1.29, 1.82) is 0 Å². The minimum absolute atomic E-state index is 0.787. The molecule has 0 saturated carbocycles. The van der Waals surface area contributed by atoms with Crippen molar-refractivity contribution in [3.05, 3.63) is 0 Å². The Kier molecular flexibility index (Phi) is 3.10. The molecule has 0 atom stereocenters. The second-order valence-electron chi connectivity index (χ2n) is 7.16. The van der Waals surface area contributed by atoms with Crippen LogP contribution in [0.2, 0.25) is 50.4 Å². The van der Waals surface area contributed by atoms with Gasteiger partial charge in [0.2, 0.25) is 0 Å². The largest absolute Gasteiger partial charge is 0.0731 e. The van der Waals surface area contributed by atoms with E-state index in [0.29, 0.717) is 0 Å². The molecule has 0 N–H and O–H groups in total. The lowest BCUT2D eigenvalue weighted by Gasteiger charge is -2.49. The Morgan fingerprint density at radius 3 is 1.07 bits per heavy atom. The molecular formula is C12H28Si3. The van der Waals surface area contributed by atoms with Gasteiger partial charge in [0, 0.05) is 22.3 Å². The molecule has 2 saturated heterocycles. The summed E-state index contributed by atoms with van der Waals surface area (Å²) < 4.78 is 0. The molecule has 0 nitrogen and oxygen atoms in total. The van der Waals surface area contributed by atoms with Gasteiger partial charge >= 0.3 is 0 Å². The molecule has 0 unspecified atom stereocenters. The van der Waals surface area contributed by atoms with Crippen LogP contribution >= 0.6 is 0 Å². The van der Waals surface area contributed by atoms with Crippen LogP contribution in [0.25, 0.3) is 0 Å². The highest BCUT2D eigenvalue weighted by molar-refractivity contribution is 7.69. The molecule has 2 fully saturated rings. The maximum atomic E-state index is 2.82. The third kappa shape index (κ3) is 1.75. The Bertz CT molecular complexity index is 211. The molecule has 0 aromatic carbocycles. The van der Waals surface area contributed by atoms with Gasteiger partial charge in [-0.2, -0.15) is 0 Å². The zero-order chi connectivity index (χ0) is 11.2. The summed E-state index contributed by atoms with van der Waals surface area (Å²) in [7, 11) is -2.38. The minimum atomic E-state index is -0.808. The van der Waals surface area contributed by atoms with E-state index in [9.17, 15) is 0 Å². The van der Waals surface area contributed by atoms with E-state index in [4.69, 9.17) is 0 Å². The summed E-state index contributed by atoms with van der Waals surface area (Å²) in [5, 5.41) is 0. The molecule has 3 heteroatoms. The van der Waals surface area contributed by atoms with Gasteiger partial charge < -0.3 is 0 Å². The second-order valence-corrected chi connectivity index (χ2v) is 34.9. The third-order valence-corrected chi connectivity index (χ3v) is 50.3. The fourth-order valence-corrected chi connectivity index (χ4v) is 44.5. The molecule has 2 aliphatic rings. The molecule has 0 aliphatic carbocycles. The van der Waals surface area contributed by atoms with Crippen LogP contribution in [-0.2, 0) is 0 Å². The van der Waals surface area contributed by atoms with Crippen molar-refractivity contribution in [2.45, 2.75) is 76.0 Å². The predicted octanol–water partition coefficient (Wildman–Crippen LogP) is 4.60. The van der Waals surface area contributed by atoms with Crippen LogP contribution in [0.3, 0.4) is 0 Å². The summed E-state index contributed by atoms with van der Waals surface area (Å²) in [6.45, 7) is 11.3. The molecule has 2 bridgehead atoms. The summed E-state index contributed by atoms with van der Waals surface area (Å²) in [6.07, 6.45) is 6.40. The van der Waals surface area contributed by atoms with Crippen LogP contribution < -0.4 is 0 Å². The quantitative estimate of drug-likeness (QED) is 0.556. The molecule has 2 rings (SSSR count). The zero-order valence-corrected chi connectivity index (χ0v) is 14.2. The first kappa shape index (κ1) is 12.1. The van der Waals surface area contributed by atoms with Crippen LogP contribution in [0.1, 0.15) is 25.7 Å². The van der Waals surface area contributed by atoms with Gasteiger partial charge in [-0.1, -0.05) is 76.0 Å². The molecule has 0 spiro atoms. The number of rotatable bonds is 0. The first-order chi connectivity index (χ1) is 6.91. The Hall–Kier alpha value is 0.651. The zero-order valence-electron chi connectivity index (χ0n) is 11.2. The molecule has 0 amide bonds. The lowest BCUT2D eigenvalue weighted by Crippen LogP contribution is -2.70. The second kappa shape index (κ2) is 3.84. The highest BCUT2D eigenvalue weighted by Crippen LogP contribution is 2.46. The maximum absolute atomic E-state index is 2.82. The molecular weight excluding hydrogens is 228 g/mol. The molecule has 0 radical (unpaired) electrons. The van der Waals surface area contributed by atoms with Crippen molar-refractivity contribution in [3.63, 3.8) is 0 Å². The molecule has 2 aliphatic heterocycles. The van der Waals surface area contributed by atoms with Crippen LogP contribution in [0, 0.1) is 0 Å². The monoisotopic (exact) mass is 256 g/mol. The fourth-order valence-electron chi connectivity index (χ4n) is 4.29. The van der Waals surface area contributed by atoms with Gasteiger partial charge in [-0.05, 0) is 0 Å². The van der Waals surface area contributed by atoms with Crippen molar-refractivity contribution in [2.24, 2.45) is 0 Å².